The Morgan fingerprint density at radius 1 is 1.15 bits per heavy atom. The van der Waals surface area contributed by atoms with Crippen molar-refractivity contribution in [3.05, 3.63) is 65.0 Å². The van der Waals surface area contributed by atoms with Crippen LogP contribution in [0.2, 0.25) is 0 Å². The molecule has 1 N–H and O–H groups in total. The van der Waals surface area contributed by atoms with Gasteiger partial charge in [0.15, 0.2) is 0 Å². The van der Waals surface area contributed by atoms with Crippen molar-refractivity contribution in [3.63, 3.8) is 0 Å². The molecular weight excluding hydrogens is 244 g/mol. The summed E-state index contributed by atoms with van der Waals surface area (Å²) in [5.41, 5.74) is 5.12. The van der Waals surface area contributed by atoms with Crippen LogP contribution in [0.5, 0.6) is 0 Å². The molecule has 0 bridgehead atoms. The van der Waals surface area contributed by atoms with Gasteiger partial charge in [0.1, 0.15) is 0 Å². The van der Waals surface area contributed by atoms with Gasteiger partial charge in [-0.2, -0.15) is 0 Å². The molecule has 0 amide bonds. The Morgan fingerprint density at radius 3 is 2.55 bits per heavy atom. The van der Waals surface area contributed by atoms with Crippen molar-refractivity contribution in [3.8, 4) is 0 Å². The molecule has 2 aromatic rings. The van der Waals surface area contributed by atoms with Crippen LogP contribution in [-0.4, -0.2) is 4.98 Å². The van der Waals surface area contributed by atoms with E-state index in [2.05, 4.69) is 61.4 Å². The SMILES string of the molecule is CCCc1ccc(C(C)NCc2ncccc2C)cc1. The third-order valence-electron chi connectivity index (χ3n) is 3.71. The third kappa shape index (κ3) is 3.91. The lowest BCUT2D eigenvalue weighted by atomic mass is 10.0. The Hall–Kier alpha value is -1.67. The van der Waals surface area contributed by atoms with E-state index in [0.29, 0.717) is 6.04 Å². The minimum atomic E-state index is 0.340. The van der Waals surface area contributed by atoms with Gasteiger partial charge in [0.25, 0.3) is 0 Å². The number of nitrogens with zero attached hydrogens (tertiary/aromatic N) is 1. The van der Waals surface area contributed by atoms with E-state index in [0.717, 1.165) is 18.7 Å². The molecule has 0 saturated carbocycles. The summed E-state index contributed by atoms with van der Waals surface area (Å²) < 4.78 is 0. The van der Waals surface area contributed by atoms with Gasteiger partial charge >= 0.3 is 0 Å². The van der Waals surface area contributed by atoms with Gasteiger partial charge < -0.3 is 5.32 Å². The average molecular weight is 268 g/mol. The van der Waals surface area contributed by atoms with Crippen LogP contribution in [-0.2, 0) is 13.0 Å². The first-order chi connectivity index (χ1) is 9.70. The summed E-state index contributed by atoms with van der Waals surface area (Å²) in [6, 6.07) is 13.4. The van der Waals surface area contributed by atoms with Crippen molar-refractivity contribution < 1.29 is 0 Å². The maximum Gasteiger partial charge on any atom is 0.0570 e. The van der Waals surface area contributed by atoms with Gasteiger partial charge in [-0.1, -0.05) is 43.7 Å². The molecule has 2 rings (SSSR count). The van der Waals surface area contributed by atoms with Crippen molar-refractivity contribution in [2.24, 2.45) is 0 Å². The minimum absolute atomic E-state index is 0.340. The number of nitrogens with one attached hydrogen (secondary N) is 1. The van der Waals surface area contributed by atoms with Gasteiger partial charge in [-0.3, -0.25) is 4.98 Å². The topological polar surface area (TPSA) is 24.9 Å². The van der Waals surface area contributed by atoms with E-state index in [-0.39, 0.29) is 0 Å². The zero-order chi connectivity index (χ0) is 14.4. The number of aryl methyl sites for hydroxylation is 2. The van der Waals surface area contributed by atoms with Crippen molar-refractivity contribution in [2.75, 3.05) is 0 Å². The van der Waals surface area contributed by atoms with E-state index in [4.69, 9.17) is 0 Å². The van der Waals surface area contributed by atoms with Gasteiger partial charge in [-0.25, -0.2) is 0 Å². The molecule has 20 heavy (non-hydrogen) atoms. The van der Waals surface area contributed by atoms with Crippen molar-refractivity contribution in [1.82, 2.24) is 10.3 Å². The van der Waals surface area contributed by atoms with E-state index in [1.54, 1.807) is 0 Å². The van der Waals surface area contributed by atoms with E-state index >= 15 is 0 Å². The fraction of sp³-hybridized carbons (Fsp3) is 0.389. The highest BCUT2D eigenvalue weighted by Gasteiger charge is 2.06. The summed E-state index contributed by atoms with van der Waals surface area (Å²) in [6.45, 7) is 7.33. The zero-order valence-electron chi connectivity index (χ0n) is 12.7. The Balaban J connectivity index is 1.94. The van der Waals surface area contributed by atoms with Gasteiger partial charge in [0.05, 0.1) is 5.69 Å². The molecule has 106 valence electrons. The van der Waals surface area contributed by atoms with Crippen LogP contribution < -0.4 is 5.32 Å². The highest BCUT2D eigenvalue weighted by molar-refractivity contribution is 5.25. The molecule has 1 unspecified atom stereocenters. The first kappa shape index (κ1) is 14.7. The number of rotatable bonds is 6. The average Bonchev–Trinajstić information content (AvgIpc) is 2.47. The van der Waals surface area contributed by atoms with Crippen LogP contribution in [0, 0.1) is 6.92 Å². The second kappa shape index (κ2) is 7.20. The number of hydrogen-bond donors (Lipinski definition) is 1. The number of hydrogen-bond acceptors (Lipinski definition) is 2. The number of aromatic nitrogens is 1. The summed E-state index contributed by atoms with van der Waals surface area (Å²) in [5, 5.41) is 3.54. The lowest BCUT2D eigenvalue weighted by molar-refractivity contribution is 0.566. The summed E-state index contributed by atoms with van der Waals surface area (Å²) in [5.74, 6) is 0. The molecule has 0 aliphatic rings. The molecule has 0 saturated heterocycles. The van der Waals surface area contributed by atoms with E-state index < -0.39 is 0 Å². The van der Waals surface area contributed by atoms with Crippen molar-refractivity contribution in [1.29, 1.82) is 0 Å². The van der Waals surface area contributed by atoms with Gasteiger partial charge in [-0.15, -0.1) is 0 Å². The number of benzene rings is 1. The summed E-state index contributed by atoms with van der Waals surface area (Å²) in [7, 11) is 0. The molecule has 0 spiro atoms. The van der Waals surface area contributed by atoms with Crippen LogP contribution in [0.25, 0.3) is 0 Å². The van der Waals surface area contributed by atoms with E-state index in [9.17, 15) is 0 Å². The Morgan fingerprint density at radius 2 is 1.90 bits per heavy atom. The Labute approximate surface area is 122 Å². The molecule has 2 heteroatoms. The molecule has 1 aromatic heterocycles. The van der Waals surface area contributed by atoms with E-state index in [1.807, 2.05) is 12.3 Å². The largest absolute Gasteiger partial charge is 0.305 e. The maximum atomic E-state index is 4.42. The van der Waals surface area contributed by atoms with Crippen LogP contribution in [0.3, 0.4) is 0 Å². The molecule has 1 heterocycles. The molecule has 1 atom stereocenters. The van der Waals surface area contributed by atoms with Crippen LogP contribution in [0.15, 0.2) is 42.6 Å². The summed E-state index contributed by atoms with van der Waals surface area (Å²) in [6.07, 6.45) is 4.22. The Bertz CT molecular complexity index is 531. The molecule has 0 aliphatic heterocycles. The highest BCUT2D eigenvalue weighted by Crippen LogP contribution is 2.15. The molecule has 0 fully saturated rings. The lowest BCUT2D eigenvalue weighted by Crippen LogP contribution is -2.19. The second-order valence-electron chi connectivity index (χ2n) is 5.36. The van der Waals surface area contributed by atoms with Crippen molar-refractivity contribution >= 4 is 0 Å². The molecular formula is C18H24N2. The quantitative estimate of drug-likeness (QED) is 0.849. The van der Waals surface area contributed by atoms with Crippen LogP contribution >= 0.6 is 0 Å². The van der Waals surface area contributed by atoms with Gasteiger partial charge in [0.2, 0.25) is 0 Å². The first-order valence-corrected chi connectivity index (χ1v) is 7.43. The molecule has 0 aliphatic carbocycles. The standard InChI is InChI=1S/C18H24N2/c1-4-6-16-8-10-17(11-9-16)15(3)20-13-18-14(2)7-5-12-19-18/h5,7-12,15,20H,4,6,13H2,1-3H3. The summed E-state index contributed by atoms with van der Waals surface area (Å²) >= 11 is 0. The van der Waals surface area contributed by atoms with Crippen LogP contribution in [0.1, 0.15) is 48.7 Å². The smallest absolute Gasteiger partial charge is 0.0570 e. The monoisotopic (exact) mass is 268 g/mol. The van der Waals surface area contributed by atoms with Gasteiger partial charge in [-0.05, 0) is 43.0 Å². The maximum absolute atomic E-state index is 4.42. The van der Waals surface area contributed by atoms with Gasteiger partial charge in [0, 0.05) is 18.8 Å². The predicted octanol–water partition coefficient (Wildman–Crippen LogP) is 4.19. The predicted molar refractivity (Wildman–Crippen MR) is 84.7 cm³/mol. The number of pyridine rings is 1. The highest BCUT2D eigenvalue weighted by atomic mass is 14.9. The third-order valence-corrected chi connectivity index (χ3v) is 3.71. The normalized spacial score (nSPS) is 12.3. The summed E-state index contributed by atoms with van der Waals surface area (Å²) in [4.78, 5) is 4.42. The zero-order valence-corrected chi connectivity index (χ0v) is 12.7. The minimum Gasteiger partial charge on any atom is -0.305 e. The molecule has 2 nitrogen and oxygen atoms in total. The first-order valence-electron chi connectivity index (χ1n) is 7.43. The second-order valence-corrected chi connectivity index (χ2v) is 5.36. The van der Waals surface area contributed by atoms with Crippen molar-refractivity contribution in [2.45, 2.75) is 46.2 Å². The lowest BCUT2D eigenvalue weighted by Gasteiger charge is -2.15. The fourth-order valence-electron chi connectivity index (χ4n) is 2.33. The Kier molecular flexibility index (Phi) is 5.31. The molecule has 0 radical (unpaired) electrons. The van der Waals surface area contributed by atoms with E-state index in [1.165, 1.54) is 23.1 Å². The molecule has 1 aromatic carbocycles. The van der Waals surface area contributed by atoms with Crippen LogP contribution in [0.4, 0.5) is 0 Å². The fourth-order valence-corrected chi connectivity index (χ4v) is 2.33.